The summed E-state index contributed by atoms with van der Waals surface area (Å²) in [5.74, 6) is -0.235. The van der Waals surface area contributed by atoms with Gasteiger partial charge in [0.15, 0.2) is 0 Å². The normalized spacial score (nSPS) is 21.1. The second-order valence-corrected chi connectivity index (χ2v) is 8.37. The number of hydrogen-bond acceptors (Lipinski definition) is 4. The van der Waals surface area contributed by atoms with Crippen molar-refractivity contribution in [2.45, 2.75) is 65.3 Å². The minimum Gasteiger partial charge on any atom is -0.490 e. The topological polar surface area (TPSA) is 28.1 Å². The van der Waals surface area contributed by atoms with Crippen LogP contribution in [0.1, 0.15) is 47.0 Å². The summed E-state index contributed by atoms with van der Waals surface area (Å²) in [5.41, 5.74) is 0.900. The van der Waals surface area contributed by atoms with Gasteiger partial charge >= 0.3 is 6.18 Å². The molecule has 0 amide bonds. The molecule has 2 aliphatic heterocycles. The van der Waals surface area contributed by atoms with E-state index in [0.717, 1.165) is 31.6 Å². The lowest BCUT2D eigenvalue weighted by atomic mass is 9.95. The van der Waals surface area contributed by atoms with Crippen LogP contribution < -0.4 is 14.6 Å². The number of ether oxygens (including phenoxy) is 1. The zero-order valence-electron chi connectivity index (χ0n) is 20.1. The SMILES string of the molecule is CC.CC[C@H]1C(C)C(C(F)(F)F)=NN1c1ccc(OC2CCN(c3ccc(F)cc3)CC2)cc1. The van der Waals surface area contributed by atoms with Crippen molar-refractivity contribution in [3.63, 3.8) is 0 Å². The van der Waals surface area contributed by atoms with E-state index in [9.17, 15) is 17.6 Å². The summed E-state index contributed by atoms with van der Waals surface area (Å²) in [6.07, 6.45) is -2.13. The van der Waals surface area contributed by atoms with Gasteiger partial charge in [-0.1, -0.05) is 27.7 Å². The predicted molar refractivity (Wildman–Crippen MR) is 129 cm³/mol. The van der Waals surface area contributed by atoms with Crippen molar-refractivity contribution in [3.05, 3.63) is 54.3 Å². The summed E-state index contributed by atoms with van der Waals surface area (Å²) in [5, 5.41) is 5.39. The molecule has 2 aromatic rings. The van der Waals surface area contributed by atoms with Crippen LogP contribution in [0.25, 0.3) is 0 Å². The number of benzene rings is 2. The molecule has 2 heterocycles. The van der Waals surface area contributed by atoms with Crippen molar-refractivity contribution in [3.8, 4) is 5.75 Å². The average molecular weight is 480 g/mol. The molecule has 0 radical (unpaired) electrons. The third-order valence-electron chi connectivity index (χ3n) is 6.28. The number of rotatable bonds is 5. The lowest BCUT2D eigenvalue weighted by Crippen LogP contribution is -2.38. The second kappa shape index (κ2) is 11.1. The molecule has 1 saturated heterocycles. The van der Waals surface area contributed by atoms with Crippen molar-refractivity contribution in [1.82, 2.24) is 0 Å². The molecule has 4 rings (SSSR count). The minimum absolute atomic E-state index is 0.0580. The Morgan fingerprint density at radius 1 is 0.941 bits per heavy atom. The highest BCUT2D eigenvalue weighted by Crippen LogP contribution is 2.36. The first kappa shape index (κ1) is 25.8. The molecule has 8 heteroatoms. The van der Waals surface area contributed by atoms with Gasteiger partial charge in [-0.05, 0) is 55.0 Å². The number of hydrazone groups is 1. The second-order valence-electron chi connectivity index (χ2n) is 8.37. The molecule has 2 aromatic carbocycles. The molecule has 0 spiro atoms. The van der Waals surface area contributed by atoms with E-state index >= 15 is 0 Å². The number of halogens is 4. The molecule has 2 aliphatic rings. The van der Waals surface area contributed by atoms with Crippen LogP contribution >= 0.6 is 0 Å². The molecule has 4 nitrogen and oxygen atoms in total. The first-order valence-corrected chi connectivity index (χ1v) is 12.0. The molecule has 2 atom stereocenters. The summed E-state index contributed by atoms with van der Waals surface area (Å²) in [7, 11) is 0. The van der Waals surface area contributed by atoms with Gasteiger partial charge < -0.3 is 9.64 Å². The quantitative estimate of drug-likeness (QED) is 0.430. The zero-order valence-corrected chi connectivity index (χ0v) is 20.1. The lowest BCUT2D eigenvalue weighted by molar-refractivity contribution is -0.0620. The van der Waals surface area contributed by atoms with Gasteiger partial charge in [-0.3, -0.25) is 5.01 Å². The highest BCUT2D eigenvalue weighted by molar-refractivity contribution is 5.95. The Morgan fingerprint density at radius 2 is 1.50 bits per heavy atom. The third kappa shape index (κ3) is 5.83. The maximum absolute atomic E-state index is 13.3. The Bertz CT molecular complexity index is 936. The average Bonchev–Trinajstić information content (AvgIpc) is 3.18. The van der Waals surface area contributed by atoms with E-state index in [1.807, 2.05) is 20.8 Å². The summed E-state index contributed by atoms with van der Waals surface area (Å²) < 4.78 is 59.1. The highest BCUT2D eigenvalue weighted by Gasteiger charge is 2.47. The summed E-state index contributed by atoms with van der Waals surface area (Å²) in [6.45, 7) is 9.08. The molecule has 0 aliphatic carbocycles. The van der Waals surface area contributed by atoms with Crippen molar-refractivity contribution in [2.24, 2.45) is 11.0 Å². The lowest BCUT2D eigenvalue weighted by Gasteiger charge is -2.33. The number of anilines is 2. The first-order valence-electron chi connectivity index (χ1n) is 12.0. The van der Waals surface area contributed by atoms with Gasteiger partial charge in [-0.25, -0.2) is 4.39 Å². The fourth-order valence-corrected chi connectivity index (χ4v) is 4.52. The summed E-state index contributed by atoms with van der Waals surface area (Å²) in [4.78, 5) is 2.21. The van der Waals surface area contributed by atoms with Crippen molar-refractivity contribution >= 4 is 17.1 Å². The molecule has 186 valence electrons. The van der Waals surface area contributed by atoms with Crippen LogP contribution in [-0.4, -0.2) is 37.1 Å². The number of nitrogens with zero attached hydrogens (tertiary/aromatic N) is 3. The van der Waals surface area contributed by atoms with E-state index < -0.39 is 17.8 Å². The van der Waals surface area contributed by atoms with Gasteiger partial charge in [0.25, 0.3) is 0 Å². The maximum atomic E-state index is 13.3. The Morgan fingerprint density at radius 3 is 2.03 bits per heavy atom. The molecule has 0 bridgehead atoms. The van der Waals surface area contributed by atoms with Gasteiger partial charge in [-0.15, -0.1) is 0 Å². The van der Waals surface area contributed by atoms with Crippen LogP contribution in [0, 0.1) is 11.7 Å². The largest absolute Gasteiger partial charge is 0.490 e. The van der Waals surface area contributed by atoms with Crippen LogP contribution in [0.15, 0.2) is 53.6 Å². The van der Waals surface area contributed by atoms with Gasteiger partial charge in [-0.2, -0.15) is 18.3 Å². The number of alkyl halides is 3. The monoisotopic (exact) mass is 479 g/mol. The third-order valence-corrected chi connectivity index (χ3v) is 6.28. The number of hydrogen-bond donors (Lipinski definition) is 0. The fourth-order valence-electron chi connectivity index (χ4n) is 4.52. The van der Waals surface area contributed by atoms with E-state index in [1.165, 1.54) is 17.1 Å². The molecular weight excluding hydrogens is 446 g/mol. The molecule has 0 N–H and O–H groups in total. The van der Waals surface area contributed by atoms with E-state index in [4.69, 9.17) is 4.74 Å². The minimum atomic E-state index is -4.42. The van der Waals surface area contributed by atoms with E-state index in [-0.39, 0.29) is 18.0 Å². The molecule has 0 saturated carbocycles. The summed E-state index contributed by atoms with van der Waals surface area (Å²) >= 11 is 0. The maximum Gasteiger partial charge on any atom is 0.431 e. The number of piperidine rings is 1. The van der Waals surface area contributed by atoms with Crippen LogP contribution in [0.5, 0.6) is 5.75 Å². The molecular formula is C26H33F4N3O. The van der Waals surface area contributed by atoms with Crippen molar-refractivity contribution < 1.29 is 22.3 Å². The van der Waals surface area contributed by atoms with Crippen LogP contribution in [0.2, 0.25) is 0 Å². The van der Waals surface area contributed by atoms with E-state index in [0.29, 0.717) is 17.9 Å². The Labute approximate surface area is 199 Å². The van der Waals surface area contributed by atoms with Crippen LogP contribution in [0.4, 0.5) is 28.9 Å². The molecule has 1 unspecified atom stereocenters. The Hall–Kier alpha value is -2.77. The van der Waals surface area contributed by atoms with Gasteiger partial charge in [0, 0.05) is 37.5 Å². The van der Waals surface area contributed by atoms with Gasteiger partial charge in [0.1, 0.15) is 23.4 Å². The van der Waals surface area contributed by atoms with Crippen LogP contribution in [0.3, 0.4) is 0 Å². The fraction of sp³-hybridized carbons (Fsp3) is 0.500. The van der Waals surface area contributed by atoms with Gasteiger partial charge in [0.2, 0.25) is 0 Å². The predicted octanol–water partition coefficient (Wildman–Crippen LogP) is 7.05. The van der Waals surface area contributed by atoms with Crippen molar-refractivity contribution in [2.75, 3.05) is 23.0 Å². The Kier molecular flexibility index (Phi) is 8.44. The van der Waals surface area contributed by atoms with E-state index in [1.54, 1.807) is 43.3 Å². The first-order chi connectivity index (χ1) is 16.3. The standard InChI is InChI=1S/C24H27F4N3O.C2H6/c1-3-22-16(2)23(24(26,27)28)29-31(22)19-8-10-20(11-9-19)32-21-12-14-30(15-13-21)18-6-4-17(25)5-7-18;1-2/h4-11,16,21-22H,3,12-15H2,1-2H3;1-2H3/t16?,22-;/m0./s1. The Balaban J connectivity index is 0.00000158. The molecule has 1 fully saturated rings. The zero-order chi connectivity index (χ0) is 24.9. The van der Waals surface area contributed by atoms with E-state index in [2.05, 4.69) is 10.0 Å². The van der Waals surface area contributed by atoms with Crippen LogP contribution in [-0.2, 0) is 0 Å². The van der Waals surface area contributed by atoms with Crippen molar-refractivity contribution in [1.29, 1.82) is 0 Å². The smallest absolute Gasteiger partial charge is 0.431 e. The van der Waals surface area contributed by atoms with Gasteiger partial charge in [0.05, 0.1) is 11.7 Å². The highest BCUT2D eigenvalue weighted by atomic mass is 19.4. The summed E-state index contributed by atoms with van der Waals surface area (Å²) in [6, 6.07) is 13.3. The molecule has 34 heavy (non-hydrogen) atoms. The molecule has 0 aromatic heterocycles.